The molecule has 9 nitrogen and oxygen atoms in total. The van der Waals surface area contributed by atoms with Gasteiger partial charge in [-0.3, -0.25) is 0 Å². The van der Waals surface area contributed by atoms with E-state index in [2.05, 4.69) is 0 Å². The lowest BCUT2D eigenvalue weighted by molar-refractivity contribution is -0.0377. The van der Waals surface area contributed by atoms with Crippen molar-refractivity contribution in [1.29, 1.82) is 0 Å². The SMILES string of the molecule is O=C(OC[C@H](C[C@@H](C[C@H](CCOCc1ccccc1)OC(=O)c1ccccc1)OC(=O)c1ccccc1)OC(=O)c1ccccc1)c1ccccc1. The molecule has 0 aliphatic heterocycles. The fourth-order valence-electron chi connectivity index (χ4n) is 5.34. The molecule has 0 N–H and O–H groups in total. The molecule has 0 spiro atoms. The van der Waals surface area contributed by atoms with E-state index in [4.69, 9.17) is 23.7 Å². The standard InChI is InChI=1S/C43H40O9/c44-40(33-18-8-2-9-19-33)49-31-39(52-43(47)36-24-14-5-15-25-36)29-38(51-42(46)35-22-12-4-13-23-35)28-37(50-41(45)34-20-10-3-11-21-34)26-27-48-30-32-16-6-1-7-17-32/h1-25,37-39H,26-31H2/t37-,38+,39-/m0/s1. The van der Waals surface area contributed by atoms with E-state index < -0.39 is 42.2 Å². The van der Waals surface area contributed by atoms with Crippen molar-refractivity contribution in [1.82, 2.24) is 0 Å². The second-order valence-corrected chi connectivity index (χ2v) is 11.9. The summed E-state index contributed by atoms with van der Waals surface area (Å²) in [6, 6.07) is 43.5. The fourth-order valence-corrected chi connectivity index (χ4v) is 5.34. The van der Waals surface area contributed by atoms with Gasteiger partial charge >= 0.3 is 23.9 Å². The number of hydrogen-bond acceptors (Lipinski definition) is 9. The molecule has 3 atom stereocenters. The monoisotopic (exact) mass is 700 g/mol. The number of rotatable bonds is 18. The van der Waals surface area contributed by atoms with Gasteiger partial charge in [-0.1, -0.05) is 103 Å². The van der Waals surface area contributed by atoms with Gasteiger partial charge in [0, 0.05) is 19.3 Å². The van der Waals surface area contributed by atoms with Gasteiger partial charge in [-0.2, -0.15) is 0 Å². The Morgan fingerprint density at radius 2 is 0.788 bits per heavy atom. The van der Waals surface area contributed by atoms with Crippen molar-refractivity contribution in [3.05, 3.63) is 179 Å². The fraction of sp³-hybridized carbons (Fsp3) is 0.209. The maximum Gasteiger partial charge on any atom is 0.338 e. The molecule has 0 unspecified atom stereocenters. The Bertz CT molecular complexity index is 1830. The van der Waals surface area contributed by atoms with Crippen LogP contribution in [0, 0.1) is 0 Å². The lowest BCUT2D eigenvalue weighted by Gasteiger charge is -2.27. The predicted octanol–water partition coefficient (Wildman–Crippen LogP) is 7.91. The van der Waals surface area contributed by atoms with E-state index in [0.717, 1.165) is 5.56 Å². The van der Waals surface area contributed by atoms with Crippen molar-refractivity contribution in [3.8, 4) is 0 Å². The lowest BCUT2D eigenvalue weighted by Crippen LogP contribution is -2.35. The molecular weight excluding hydrogens is 660 g/mol. The molecular formula is C43H40O9. The molecule has 0 radical (unpaired) electrons. The molecule has 0 amide bonds. The Morgan fingerprint density at radius 1 is 0.423 bits per heavy atom. The van der Waals surface area contributed by atoms with E-state index in [1.165, 1.54) is 0 Å². The largest absolute Gasteiger partial charge is 0.459 e. The van der Waals surface area contributed by atoms with Crippen LogP contribution in [0.3, 0.4) is 0 Å². The summed E-state index contributed by atoms with van der Waals surface area (Å²) in [5, 5.41) is 0. The molecule has 0 saturated heterocycles. The maximum absolute atomic E-state index is 13.4. The summed E-state index contributed by atoms with van der Waals surface area (Å²) in [7, 11) is 0. The zero-order chi connectivity index (χ0) is 36.4. The average molecular weight is 701 g/mol. The minimum absolute atomic E-state index is 0.0395. The van der Waals surface area contributed by atoms with E-state index in [1.54, 1.807) is 121 Å². The van der Waals surface area contributed by atoms with Crippen LogP contribution in [-0.4, -0.2) is 55.4 Å². The van der Waals surface area contributed by atoms with Crippen LogP contribution >= 0.6 is 0 Å². The van der Waals surface area contributed by atoms with E-state index in [1.807, 2.05) is 30.3 Å². The summed E-state index contributed by atoms with van der Waals surface area (Å²) < 4.78 is 29.4. The maximum atomic E-state index is 13.4. The molecule has 5 aromatic carbocycles. The second kappa shape index (κ2) is 20.0. The minimum Gasteiger partial charge on any atom is -0.459 e. The Morgan fingerprint density at radius 3 is 1.25 bits per heavy atom. The van der Waals surface area contributed by atoms with Crippen LogP contribution in [0.4, 0.5) is 0 Å². The van der Waals surface area contributed by atoms with Gasteiger partial charge in [0.2, 0.25) is 0 Å². The van der Waals surface area contributed by atoms with Crippen LogP contribution in [0.25, 0.3) is 0 Å². The lowest BCUT2D eigenvalue weighted by atomic mass is 10.0. The van der Waals surface area contributed by atoms with Crippen LogP contribution in [0.2, 0.25) is 0 Å². The predicted molar refractivity (Wildman–Crippen MR) is 194 cm³/mol. The molecule has 5 rings (SSSR count). The molecule has 0 bridgehead atoms. The van der Waals surface area contributed by atoms with Gasteiger partial charge in [0.25, 0.3) is 0 Å². The summed E-state index contributed by atoms with van der Waals surface area (Å²) in [6.07, 6.45) is -2.49. The summed E-state index contributed by atoms with van der Waals surface area (Å²) >= 11 is 0. The van der Waals surface area contributed by atoms with Crippen LogP contribution in [0.1, 0.15) is 66.3 Å². The Hall–Kier alpha value is -6.06. The Labute approximate surface area is 303 Å². The summed E-state index contributed by atoms with van der Waals surface area (Å²) in [5.74, 6) is -2.42. The molecule has 0 aliphatic rings. The van der Waals surface area contributed by atoms with Gasteiger partial charge in [0.15, 0.2) is 0 Å². The average Bonchev–Trinajstić information content (AvgIpc) is 3.20. The van der Waals surface area contributed by atoms with Crippen molar-refractivity contribution in [2.24, 2.45) is 0 Å². The topological polar surface area (TPSA) is 114 Å². The third kappa shape index (κ3) is 12.1. The number of carbonyl (C=O) groups is 4. The third-order valence-corrected chi connectivity index (χ3v) is 8.01. The van der Waals surface area contributed by atoms with E-state index in [-0.39, 0.29) is 32.5 Å². The van der Waals surface area contributed by atoms with E-state index in [9.17, 15) is 19.2 Å². The normalized spacial score (nSPS) is 12.5. The van der Waals surface area contributed by atoms with E-state index in [0.29, 0.717) is 28.9 Å². The number of carbonyl (C=O) groups excluding carboxylic acids is 4. The molecule has 52 heavy (non-hydrogen) atoms. The minimum atomic E-state index is -1.03. The first kappa shape index (κ1) is 37.2. The van der Waals surface area contributed by atoms with Crippen LogP contribution in [0.15, 0.2) is 152 Å². The van der Waals surface area contributed by atoms with Crippen LogP contribution in [0.5, 0.6) is 0 Å². The van der Waals surface area contributed by atoms with Gasteiger partial charge in [0.1, 0.15) is 24.9 Å². The molecule has 0 aliphatic carbocycles. The molecule has 266 valence electrons. The number of esters is 4. The van der Waals surface area contributed by atoms with Crippen LogP contribution in [-0.2, 0) is 30.3 Å². The first-order valence-corrected chi connectivity index (χ1v) is 17.1. The highest BCUT2D eigenvalue weighted by Crippen LogP contribution is 2.22. The molecule has 0 fully saturated rings. The third-order valence-electron chi connectivity index (χ3n) is 8.01. The first-order valence-electron chi connectivity index (χ1n) is 17.1. The quantitative estimate of drug-likeness (QED) is 0.0511. The number of ether oxygens (including phenoxy) is 5. The zero-order valence-electron chi connectivity index (χ0n) is 28.6. The van der Waals surface area contributed by atoms with Crippen molar-refractivity contribution in [2.75, 3.05) is 13.2 Å². The number of benzene rings is 5. The highest BCUT2D eigenvalue weighted by Gasteiger charge is 2.30. The van der Waals surface area contributed by atoms with Gasteiger partial charge in [-0.25, -0.2) is 19.2 Å². The Kier molecular flexibility index (Phi) is 14.3. The molecule has 0 heterocycles. The Balaban J connectivity index is 1.37. The zero-order valence-corrected chi connectivity index (χ0v) is 28.6. The van der Waals surface area contributed by atoms with E-state index >= 15 is 0 Å². The smallest absolute Gasteiger partial charge is 0.338 e. The van der Waals surface area contributed by atoms with Crippen molar-refractivity contribution < 1.29 is 42.9 Å². The number of hydrogen-bond donors (Lipinski definition) is 0. The van der Waals surface area contributed by atoms with Gasteiger partial charge in [0.05, 0.1) is 35.5 Å². The molecule has 9 heteroatoms. The molecule has 5 aromatic rings. The highest BCUT2D eigenvalue weighted by atomic mass is 16.6. The highest BCUT2D eigenvalue weighted by molar-refractivity contribution is 5.91. The molecule has 0 aromatic heterocycles. The van der Waals surface area contributed by atoms with Gasteiger partial charge in [-0.05, 0) is 54.1 Å². The van der Waals surface area contributed by atoms with Gasteiger partial charge < -0.3 is 23.7 Å². The molecule has 0 saturated carbocycles. The second-order valence-electron chi connectivity index (χ2n) is 11.9. The summed E-state index contributed by atoms with van der Waals surface area (Å²) in [6.45, 7) is 0.277. The van der Waals surface area contributed by atoms with Crippen molar-refractivity contribution >= 4 is 23.9 Å². The van der Waals surface area contributed by atoms with Crippen LogP contribution < -0.4 is 0 Å². The van der Waals surface area contributed by atoms with Gasteiger partial charge in [-0.15, -0.1) is 0 Å². The summed E-state index contributed by atoms with van der Waals surface area (Å²) in [4.78, 5) is 52.9. The first-order chi connectivity index (χ1) is 25.4. The van der Waals surface area contributed by atoms with Crippen molar-refractivity contribution in [2.45, 2.75) is 44.2 Å². The van der Waals surface area contributed by atoms with Crippen molar-refractivity contribution in [3.63, 3.8) is 0 Å². The summed E-state index contributed by atoms with van der Waals surface area (Å²) in [5.41, 5.74) is 2.28.